The molecular weight excluding hydrogens is 504 g/mol. The number of carbonyl (C=O) groups is 3. The molecule has 0 saturated carbocycles. The second-order valence-electron chi connectivity index (χ2n) is 11.1. The van der Waals surface area contributed by atoms with Crippen LogP contribution >= 0.6 is 0 Å². The van der Waals surface area contributed by atoms with Gasteiger partial charge in [-0.15, -0.1) is 0 Å². The summed E-state index contributed by atoms with van der Waals surface area (Å²) in [5, 5.41) is 7.03. The molecule has 0 unspecified atom stereocenters. The highest BCUT2D eigenvalue weighted by atomic mass is 16.2. The minimum absolute atomic E-state index is 0.230. The summed E-state index contributed by atoms with van der Waals surface area (Å²) in [7, 11) is 6.84. The van der Waals surface area contributed by atoms with Crippen LogP contribution in [0.2, 0.25) is 0 Å². The van der Waals surface area contributed by atoms with Crippen LogP contribution in [0, 0.1) is 0 Å². The van der Waals surface area contributed by atoms with Gasteiger partial charge in [-0.2, -0.15) is 0 Å². The van der Waals surface area contributed by atoms with Crippen molar-refractivity contribution in [2.45, 2.75) is 50.7 Å². The van der Waals surface area contributed by atoms with Crippen molar-refractivity contribution in [3.05, 3.63) is 84.1 Å². The number of amides is 3. The van der Waals surface area contributed by atoms with Crippen molar-refractivity contribution in [1.29, 1.82) is 0 Å². The van der Waals surface area contributed by atoms with Crippen molar-refractivity contribution >= 4 is 28.6 Å². The molecule has 4 N–H and O–H groups in total. The lowest BCUT2D eigenvalue weighted by atomic mass is 10.00. The van der Waals surface area contributed by atoms with Crippen LogP contribution in [0.25, 0.3) is 10.9 Å². The van der Waals surface area contributed by atoms with Crippen LogP contribution in [0.15, 0.2) is 72.9 Å². The number of H-pyrrole nitrogens is 1. The lowest BCUT2D eigenvalue weighted by Gasteiger charge is -2.35. The van der Waals surface area contributed by atoms with Crippen LogP contribution in [-0.4, -0.2) is 83.4 Å². The third-order valence-corrected chi connectivity index (χ3v) is 6.92. The first-order chi connectivity index (χ1) is 18.9. The predicted octanol–water partition coefficient (Wildman–Crippen LogP) is 2.88. The standard InChI is InChI=1S/C31H42N6O3/c1-31(2,32)18-12-17-28(38)34-26(20-23-21-33-25-16-11-10-15-24(23)25)29(39)36(5)27(30(40)37(6)35(3)4)19-22-13-8-7-9-14-22/h7-17,21,26-27,33H,18-20,32H2,1-6H3,(H,34,38)/b17-12+/t26-,27-/m1/s1. The van der Waals surface area contributed by atoms with Crippen molar-refractivity contribution in [2.75, 3.05) is 28.2 Å². The highest BCUT2D eigenvalue weighted by Gasteiger charge is 2.34. The molecular formula is C31H42N6O3. The lowest BCUT2D eigenvalue weighted by Crippen LogP contribution is -2.57. The van der Waals surface area contributed by atoms with Crippen molar-refractivity contribution in [1.82, 2.24) is 25.2 Å². The van der Waals surface area contributed by atoms with Crippen LogP contribution in [0.5, 0.6) is 0 Å². The van der Waals surface area contributed by atoms with Gasteiger partial charge in [-0.3, -0.25) is 19.4 Å². The van der Waals surface area contributed by atoms with Gasteiger partial charge in [-0.1, -0.05) is 54.6 Å². The predicted molar refractivity (Wildman–Crippen MR) is 159 cm³/mol. The second-order valence-corrected chi connectivity index (χ2v) is 11.1. The third-order valence-electron chi connectivity index (χ3n) is 6.92. The summed E-state index contributed by atoms with van der Waals surface area (Å²) in [6.07, 6.45) is 6.07. The number of hydrogen-bond acceptors (Lipinski definition) is 5. The third kappa shape index (κ3) is 8.27. The highest BCUT2D eigenvalue weighted by molar-refractivity contribution is 5.95. The SMILES string of the molecule is CN(C(=O)[C@@H](Cc1c[nH]c2ccccc12)NC(=O)/C=C/CC(C)(C)N)[C@H](Cc1ccccc1)C(=O)N(C)N(C)C. The smallest absolute Gasteiger partial charge is 0.259 e. The summed E-state index contributed by atoms with van der Waals surface area (Å²) in [4.78, 5) is 45.3. The van der Waals surface area contributed by atoms with Crippen LogP contribution in [0.3, 0.4) is 0 Å². The molecule has 3 aromatic rings. The normalized spacial score (nSPS) is 13.4. The van der Waals surface area contributed by atoms with Crippen LogP contribution in [0.4, 0.5) is 0 Å². The number of nitrogens with two attached hydrogens (primary N) is 1. The molecule has 2 atom stereocenters. The van der Waals surface area contributed by atoms with E-state index in [9.17, 15) is 14.4 Å². The monoisotopic (exact) mass is 546 g/mol. The zero-order chi connectivity index (χ0) is 29.4. The topological polar surface area (TPSA) is 115 Å². The number of fused-ring (bicyclic) bond motifs is 1. The number of likely N-dealkylation sites (N-methyl/N-ethyl adjacent to an activating group) is 2. The molecule has 9 nitrogen and oxygen atoms in total. The number of benzene rings is 2. The Bertz CT molecular complexity index is 1330. The largest absolute Gasteiger partial charge is 0.361 e. The van der Waals surface area contributed by atoms with Gasteiger partial charge in [-0.05, 0) is 43.5 Å². The van der Waals surface area contributed by atoms with E-state index in [1.807, 2.05) is 74.6 Å². The molecule has 9 heteroatoms. The average molecular weight is 547 g/mol. The quantitative estimate of drug-likeness (QED) is 0.239. The van der Waals surface area contributed by atoms with E-state index < -0.39 is 23.5 Å². The molecule has 2 aromatic carbocycles. The van der Waals surface area contributed by atoms with Gasteiger partial charge in [-0.25, -0.2) is 5.01 Å². The summed E-state index contributed by atoms with van der Waals surface area (Å²) in [6.45, 7) is 3.75. The Labute approximate surface area is 237 Å². The van der Waals surface area contributed by atoms with E-state index in [2.05, 4.69) is 10.3 Å². The fraction of sp³-hybridized carbons (Fsp3) is 0.387. The van der Waals surface area contributed by atoms with Gasteiger partial charge < -0.3 is 20.9 Å². The molecule has 214 valence electrons. The molecule has 0 saturated heterocycles. The zero-order valence-electron chi connectivity index (χ0n) is 24.3. The molecule has 3 rings (SSSR count). The summed E-state index contributed by atoms with van der Waals surface area (Å²) >= 11 is 0. The first-order valence-corrected chi connectivity index (χ1v) is 13.4. The number of hydrogen-bond donors (Lipinski definition) is 3. The minimum Gasteiger partial charge on any atom is -0.361 e. The molecule has 3 amide bonds. The molecule has 0 bridgehead atoms. The first-order valence-electron chi connectivity index (χ1n) is 13.4. The number of nitrogens with zero attached hydrogens (tertiary/aromatic N) is 3. The summed E-state index contributed by atoms with van der Waals surface area (Å²) in [5.74, 6) is -0.980. The maximum Gasteiger partial charge on any atom is 0.259 e. The van der Waals surface area contributed by atoms with Gasteiger partial charge in [0.25, 0.3) is 5.91 Å². The molecule has 40 heavy (non-hydrogen) atoms. The molecule has 1 aromatic heterocycles. The zero-order valence-corrected chi connectivity index (χ0v) is 24.3. The summed E-state index contributed by atoms with van der Waals surface area (Å²) in [5.41, 5.74) is 8.34. The molecule has 0 aliphatic heterocycles. The molecule has 0 spiro atoms. The maximum absolute atomic E-state index is 14.1. The van der Waals surface area contributed by atoms with Gasteiger partial charge in [0.05, 0.1) is 0 Å². The highest BCUT2D eigenvalue weighted by Crippen LogP contribution is 2.21. The van der Waals surface area contributed by atoms with Gasteiger partial charge in [0.15, 0.2) is 0 Å². The Morgan fingerprint density at radius 2 is 1.60 bits per heavy atom. The molecule has 1 heterocycles. The molecule has 0 fully saturated rings. The number of rotatable bonds is 12. The van der Waals surface area contributed by atoms with E-state index in [0.29, 0.717) is 12.8 Å². The number of aromatic amines is 1. The number of aromatic nitrogens is 1. The molecule has 0 radical (unpaired) electrons. The van der Waals surface area contributed by atoms with Gasteiger partial charge in [0.1, 0.15) is 12.1 Å². The number of nitrogens with one attached hydrogen (secondary N) is 2. The summed E-state index contributed by atoms with van der Waals surface area (Å²) in [6, 6.07) is 15.7. The Balaban J connectivity index is 1.93. The van der Waals surface area contributed by atoms with Crippen LogP contribution in [0.1, 0.15) is 31.4 Å². The van der Waals surface area contributed by atoms with Crippen molar-refractivity contribution in [3.8, 4) is 0 Å². The van der Waals surface area contributed by atoms with Gasteiger partial charge >= 0.3 is 0 Å². The average Bonchev–Trinajstić information content (AvgIpc) is 3.32. The Hall–Kier alpha value is -3.95. The van der Waals surface area contributed by atoms with E-state index in [-0.39, 0.29) is 18.2 Å². The number of hydrazine groups is 1. The Kier molecular flexibility index (Phi) is 10.3. The fourth-order valence-corrected chi connectivity index (χ4v) is 4.45. The van der Waals surface area contributed by atoms with E-state index >= 15 is 0 Å². The van der Waals surface area contributed by atoms with E-state index in [1.54, 1.807) is 39.3 Å². The molecule has 0 aliphatic rings. The summed E-state index contributed by atoms with van der Waals surface area (Å²) < 4.78 is 0. The van der Waals surface area contributed by atoms with Crippen molar-refractivity contribution < 1.29 is 14.4 Å². The van der Waals surface area contributed by atoms with E-state index in [0.717, 1.165) is 22.0 Å². The number of carbonyl (C=O) groups excluding carboxylic acids is 3. The van der Waals surface area contributed by atoms with Crippen molar-refractivity contribution in [3.63, 3.8) is 0 Å². The second kappa shape index (κ2) is 13.4. The van der Waals surface area contributed by atoms with E-state index in [4.69, 9.17) is 5.73 Å². The maximum atomic E-state index is 14.1. The van der Waals surface area contributed by atoms with Gasteiger partial charge in [0.2, 0.25) is 11.8 Å². The van der Waals surface area contributed by atoms with Crippen LogP contribution in [-0.2, 0) is 27.2 Å². The fourth-order valence-electron chi connectivity index (χ4n) is 4.45. The first kappa shape index (κ1) is 30.6. The Morgan fingerprint density at radius 3 is 2.25 bits per heavy atom. The molecule has 0 aliphatic carbocycles. The van der Waals surface area contributed by atoms with E-state index in [1.165, 1.54) is 16.0 Å². The lowest BCUT2D eigenvalue weighted by molar-refractivity contribution is -0.153. The number of para-hydroxylation sites is 1. The van der Waals surface area contributed by atoms with Crippen LogP contribution < -0.4 is 11.1 Å². The minimum atomic E-state index is -0.900. The Morgan fingerprint density at radius 1 is 0.950 bits per heavy atom. The van der Waals surface area contributed by atoms with Gasteiger partial charge in [0, 0.05) is 63.7 Å². The van der Waals surface area contributed by atoms with Crippen molar-refractivity contribution in [2.24, 2.45) is 5.73 Å².